The molecule has 0 saturated carbocycles. The highest BCUT2D eigenvalue weighted by molar-refractivity contribution is 6.31. The largest absolute Gasteiger partial charge is 0.495 e. The summed E-state index contributed by atoms with van der Waals surface area (Å²) in [6.07, 6.45) is 3.39. The predicted octanol–water partition coefficient (Wildman–Crippen LogP) is 4.55. The van der Waals surface area contributed by atoms with Gasteiger partial charge in [0, 0.05) is 11.1 Å². The van der Waals surface area contributed by atoms with E-state index < -0.39 is 0 Å². The van der Waals surface area contributed by atoms with Crippen molar-refractivity contribution in [1.82, 2.24) is 4.90 Å². The molecule has 1 aliphatic heterocycles. The van der Waals surface area contributed by atoms with Crippen molar-refractivity contribution in [2.45, 2.75) is 26.2 Å². The van der Waals surface area contributed by atoms with Crippen molar-refractivity contribution in [3.8, 4) is 5.75 Å². The number of carbonyl (C=O) groups excluding carboxylic acids is 1. The number of anilines is 1. The Balaban J connectivity index is 1.49. The number of aryl methyl sites for hydroxylation is 1. The van der Waals surface area contributed by atoms with Gasteiger partial charge in [0.1, 0.15) is 5.75 Å². The maximum atomic E-state index is 12.5. The summed E-state index contributed by atoms with van der Waals surface area (Å²) in [7, 11) is 1.58. The molecule has 144 valence electrons. The summed E-state index contributed by atoms with van der Waals surface area (Å²) in [6, 6.07) is 14.2. The number of nitrogens with one attached hydrogen (secondary N) is 1. The standard InChI is InChI=1S/C22H27ClN2O2/c1-16-12-20(21(27-2)14-19(16)23)24-22(26)15-25-10-8-18(9-11-25)13-17-6-4-3-5-7-17/h3-7,12,14,18H,8-11,13,15H2,1-2H3,(H,24,26). The maximum Gasteiger partial charge on any atom is 0.238 e. The number of likely N-dealkylation sites (tertiary alicyclic amines) is 1. The number of hydrogen-bond acceptors (Lipinski definition) is 3. The summed E-state index contributed by atoms with van der Waals surface area (Å²) in [6.45, 7) is 4.24. The minimum atomic E-state index is -0.0171. The van der Waals surface area contributed by atoms with E-state index in [0.717, 1.165) is 37.9 Å². The van der Waals surface area contributed by atoms with Crippen molar-refractivity contribution < 1.29 is 9.53 Å². The van der Waals surface area contributed by atoms with Crippen LogP contribution in [-0.4, -0.2) is 37.6 Å². The number of hydrogen-bond donors (Lipinski definition) is 1. The first-order chi connectivity index (χ1) is 13.0. The van der Waals surface area contributed by atoms with Gasteiger partial charge in [-0.2, -0.15) is 0 Å². The van der Waals surface area contributed by atoms with Gasteiger partial charge in [-0.05, 0) is 62.4 Å². The van der Waals surface area contributed by atoms with Gasteiger partial charge in [-0.25, -0.2) is 0 Å². The molecule has 1 heterocycles. The number of benzene rings is 2. The van der Waals surface area contributed by atoms with Gasteiger partial charge in [0.2, 0.25) is 5.91 Å². The Labute approximate surface area is 166 Å². The van der Waals surface area contributed by atoms with Crippen LogP contribution in [0.15, 0.2) is 42.5 Å². The second-order valence-electron chi connectivity index (χ2n) is 7.26. The monoisotopic (exact) mass is 386 g/mol. The Morgan fingerprint density at radius 1 is 1.22 bits per heavy atom. The van der Waals surface area contributed by atoms with E-state index in [1.807, 2.05) is 13.0 Å². The third-order valence-corrected chi connectivity index (χ3v) is 5.60. The number of ether oxygens (including phenoxy) is 1. The first-order valence-corrected chi connectivity index (χ1v) is 9.83. The molecule has 1 saturated heterocycles. The van der Waals surface area contributed by atoms with Gasteiger partial charge >= 0.3 is 0 Å². The molecule has 2 aromatic carbocycles. The van der Waals surface area contributed by atoms with E-state index in [-0.39, 0.29) is 5.91 Å². The van der Waals surface area contributed by atoms with E-state index in [4.69, 9.17) is 16.3 Å². The third-order valence-electron chi connectivity index (χ3n) is 5.20. The molecule has 1 aliphatic rings. The van der Waals surface area contributed by atoms with E-state index >= 15 is 0 Å². The van der Waals surface area contributed by atoms with E-state index in [0.29, 0.717) is 28.9 Å². The highest BCUT2D eigenvalue weighted by atomic mass is 35.5. The minimum absolute atomic E-state index is 0.0171. The van der Waals surface area contributed by atoms with Crippen LogP contribution in [0.25, 0.3) is 0 Å². The van der Waals surface area contributed by atoms with Crippen molar-refractivity contribution >= 4 is 23.2 Å². The molecule has 0 atom stereocenters. The topological polar surface area (TPSA) is 41.6 Å². The van der Waals surface area contributed by atoms with Gasteiger partial charge in [0.05, 0.1) is 19.3 Å². The fourth-order valence-corrected chi connectivity index (χ4v) is 3.77. The molecule has 1 N–H and O–H groups in total. The number of methoxy groups -OCH3 is 1. The number of nitrogens with zero attached hydrogens (tertiary/aromatic N) is 1. The lowest BCUT2D eigenvalue weighted by Gasteiger charge is -2.31. The normalized spacial score (nSPS) is 15.5. The molecular formula is C22H27ClN2O2. The lowest BCUT2D eigenvalue weighted by atomic mass is 9.90. The molecule has 0 aliphatic carbocycles. The van der Waals surface area contributed by atoms with Crippen LogP contribution in [0.2, 0.25) is 5.02 Å². The average molecular weight is 387 g/mol. The molecule has 0 bridgehead atoms. The molecule has 0 spiro atoms. The Hall–Kier alpha value is -2.04. The molecule has 4 nitrogen and oxygen atoms in total. The zero-order valence-corrected chi connectivity index (χ0v) is 16.8. The number of halogens is 1. The predicted molar refractivity (Wildman–Crippen MR) is 111 cm³/mol. The second kappa shape index (κ2) is 9.25. The van der Waals surface area contributed by atoms with Crippen molar-refractivity contribution in [3.63, 3.8) is 0 Å². The molecule has 5 heteroatoms. The van der Waals surface area contributed by atoms with Crippen LogP contribution in [-0.2, 0) is 11.2 Å². The van der Waals surface area contributed by atoms with Crippen LogP contribution < -0.4 is 10.1 Å². The fraction of sp³-hybridized carbons (Fsp3) is 0.409. The van der Waals surface area contributed by atoms with Crippen molar-refractivity contribution in [2.75, 3.05) is 32.1 Å². The summed E-state index contributed by atoms with van der Waals surface area (Å²) < 4.78 is 5.33. The van der Waals surface area contributed by atoms with Gasteiger partial charge in [0.25, 0.3) is 0 Å². The fourth-order valence-electron chi connectivity index (χ4n) is 3.62. The Morgan fingerprint density at radius 2 is 1.93 bits per heavy atom. The van der Waals surface area contributed by atoms with E-state index in [9.17, 15) is 4.79 Å². The van der Waals surface area contributed by atoms with Gasteiger partial charge in [-0.3, -0.25) is 9.69 Å². The van der Waals surface area contributed by atoms with E-state index in [2.05, 4.69) is 40.5 Å². The average Bonchev–Trinajstić information content (AvgIpc) is 2.67. The maximum absolute atomic E-state index is 12.5. The van der Waals surface area contributed by atoms with Gasteiger partial charge in [0.15, 0.2) is 0 Å². The highest BCUT2D eigenvalue weighted by Crippen LogP contribution is 2.31. The second-order valence-corrected chi connectivity index (χ2v) is 7.67. The quantitative estimate of drug-likeness (QED) is 0.791. The first-order valence-electron chi connectivity index (χ1n) is 9.45. The molecule has 27 heavy (non-hydrogen) atoms. The summed E-state index contributed by atoms with van der Waals surface area (Å²) in [5, 5.41) is 3.59. The third kappa shape index (κ3) is 5.47. The first kappa shape index (κ1) is 19.7. The lowest BCUT2D eigenvalue weighted by Crippen LogP contribution is -2.39. The number of rotatable bonds is 6. The molecule has 3 rings (SSSR count). The summed E-state index contributed by atoms with van der Waals surface area (Å²) in [5.74, 6) is 1.27. The number of amides is 1. The van der Waals surface area contributed by atoms with Crippen LogP contribution in [0.5, 0.6) is 5.75 Å². The van der Waals surface area contributed by atoms with Crippen LogP contribution in [0.1, 0.15) is 24.0 Å². The number of piperidine rings is 1. The summed E-state index contributed by atoms with van der Waals surface area (Å²) >= 11 is 6.13. The van der Waals surface area contributed by atoms with Crippen molar-refractivity contribution in [1.29, 1.82) is 0 Å². The SMILES string of the molecule is COc1cc(Cl)c(C)cc1NC(=O)CN1CCC(Cc2ccccc2)CC1. The van der Waals surface area contributed by atoms with Gasteiger partial charge in [-0.1, -0.05) is 41.9 Å². The zero-order valence-electron chi connectivity index (χ0n) is 16.0. The highest BCUT2D eigenvalue weighted by Gasteiger charge is 2.21. The molecule has 0 aromatic heterocycles. The zero-order chi connectivity index (χ0) is 19.2. The Bertz CT molecular complexity index is 771. The molecule has 1 amide bonds. The van der Waals surface area contributed by atoms with E-state index in [1.165, 1.54) is 5.56 Å². The molecular weight excluding hydrogens is 360 g/mol. The van der Waals surface area contributed by atoms with Crippen LogP contribution in [0.4, 0.5) is 5.69 Å². The van der Waals surface area contributed by atoms with Crippen LogP contribution in [0, 0.1) is 12.8 Å². The molecule has 0 radical (unpaired) electrons. The Morgan fingerprint density at radius 3 is 2.59 bits per heavy atom. The minimum Gasteiger partial charge on any atom is -0.495 e. The lowest BCUT2D eigenvalue weighted by molar-refractivity contribution is -0.117. The van der Waals surface area contributed by atoms with E-state index in [1.54, 1.807) is 13.2 Å². The molecule has 1 fully saturated rings. The van der Waals surface area contributed by atoms with Crippen molar-refractivity contribution in [2.24, 2.45) is 5.92 Å². The van der Waals surface area contributed by atoms with Gasteiger partial charge in [-0.15, -0.1) is 0 Å². The van der Waals surface area contributed by atoms with Crippen LogP contribution in [0.3, 0.4) is 0 Å². The summed E-state index contributed by atoms with van der Waals surface area (Å²) in [4.78, 5) is 14.7. The molecule has 2 aromatic rings. The van der Waals surface area contributed by atoms with Gasteiger partial charge < -0.3 is 10.1 Å². The Kier molecular flexibility index (Phi) is 6.75. The summed E-state index contributed by atoms with van der Waals surface area (Å²) in [5.41, 5.74) is 2.98. The van der Waals surface area contributed by atoms with Crippen molar-refractivity contribution in [3.05, 3.63) is 58.6 Å². The van der Waals surface area contributed by atoms with Crippen LogP contribution >= 0.6 is 11.6 Å². The smallest absolute Gasteiger partial charge is 0.238 e. The number of carbonyl (C=O) groups is 1. The molecule has 0 unspecified atom stereocenters.